The highest BCUT2D eigenvalue weighted by Crippen LogP contribution is 2.36. The number of benzene rings is 1. The first-order valence-electron chi connectivity index (χ1n) is 8.97. The SMILES string of the molecule is CNC1CCCCN(c2nc(C)c(-c3cccc(Cl)c3Cl)c(C(N)=O)n2)C1. The Hall–Kier alpha value is -1.89. The molecule has 0 radical (unpaired) electrons. The lowest BCUT2D eigenvalue weighted by molar-refractivity contribution is 0.0996. The monoisotopic (exact) mass is 407 g/mol. The number of carbonyl (C=O) groups is 1. The molecule has 0 aliphatic carbocycles. The number of carbonyl (C=O) groups excluding carboxylic acids is 1. The third-order valence-corrected chi connectivity index (χ3v) is 5.71. The van der Waals surface area contributed by atoms with Gasteiger partial charge in [0.2, 0.25) is 5.95 Å². The van der Waals surface area contributed by atoms with E-state index in [1.807, 2.05) is 14.0 Å². The Morgan fingerprint density at radius 3 is 2.78 bits per heavy atom. The molecule has 3 N–H and O–H groups in total. The van der Waals surface area contributed by atoms with Crippen LogP contribution in [0.5, 0.6) is 0 Å². The fraction of sp³-hybridized carbons (Fsp3) is 0.421. The summed E-state index contributed by atoms with van der Waals surface area (Å²) in [5.74, 6) is -0.0990. The average Bonchev–Trinajstić information content (AvgIpc) is 2.89. The number of aryl methyl sites for hydroxylation is 1. The summed E-state index contributed by atoms with van der Waals surface area (Å²) < 4.78 is 0. The van der Waals surface area contributed by atoms with E-state index in [0.29, 0.717) is 38.9 Å². The van der Waals surface area contributed by atoms with Crippen LogP contribution in [0.1, 0.15) is 35.4 Å². The summed E-state index contributed by atoms with van der Waals surface area (Å²) in [4.78, 5) is 23.5. The van der Waals surface area contributed by atoms with E-state index in [1.54, 1.807) is 18.2 Å². The number of nitrogens with one attached hydrogen (secondary N) is 1. The van der Waals surface area contributed by atoms with Gasteiger partial charge in [-0.3, -0.25) is 4.79 Å². The lowest BCUT2D eigenvalue weighted by Gasteiger charge is -2.25. The third-order valence-electron chi connectivity index (χ3n) is 4.89. The van der Waals surface area contributed by atoms with Crippen molar-refractivity contribution in [2.24, 2.45) is 5.73 Å². The number of anilines is 1. The second kappa shape index (κ2) is 8.42. The molecule has 1 atom stereocenters. The molecule has 0 saturated carbocycles. The lowest BCUT2D eigenvalue weighted by Crippen LogP contribution is -2.39. The zero-order valence-corrected chi connectivity index (χ0v) is 16.9. The summed E-state index contributed by atoms with van der Waals surface area (Å²) in [5.41, 5.74) is 7.59. The molecule has 1 saturated heterocycles. The van der Waals surface area contributed by atoms with Crippen molar-refractivity contribution in [2.45, 2.75) is 32.2 Å². The number of likely N-dealkylation sites (N-methyl/N-ethyl adjacent to an activating group) is 1. The molecular weight excluding hydrogens is 385 g/mol. The smallest absolute Gasteiger partial charge is 0.268 e. The molecule has 2 heterocycles. The molecule has 1 aromatic heterocycles. The van der Waals surface area contributed by atoms with Gasteiger partial charge in [-0.05, 0) is 32.9 Å². The van der Waals surface area contributed by atoms with Crippen molar-refractivity contribution >= 4 is 35.1 Å². The van der Waals surface area contributed by atoms with Gasteiger partial charge in [0.05, 0.1) is 15.7 Å². The maximum atomic E-state index is 12.2. The Balaban J connectivity index is 2.10. The van der Waals surface area contributed by atoms with Gasteiger partial charge in [0, 0.05) is 30.3 Å². The molecule has 1 aliphatic rings. The van der Waals surface area contributed by atoms with E-state index in [4.69, 9.17) is 28.9 Å². The maximum absolute atomic E-state index is 12.2. The number of nitrogens with zero attached hydrogens (tertiary/aromatic N) is 3. The van der Waals surface area contributed by atoms with Crippen LogP contribution in [0.2, 0.25) is 10.0 Å². The zero-order valence-electron chi connectivity index (χ0n) is 15.4. The van der Waals surface area contributed by atoms with E-state index in [2.05, 4.69) is 20.2 Å². The molecule has 1 aliphatic heterocycles. The maximum Gasteiger partial charge on any atom is 0.268 e. The van der Waals surface area contributed by atoms with E-state index in [-0.39, 0.29) is 5.69 Å². The number of amides is 1. The Kier molecular flexibility index (Phi) is 6.19. The molecule has 144 valence electrons. The summed E-state index contributed by atoms with van der Waals surface area (Å²) in [5, 5.41) is 4.08. The van der Waals surface area contributed by atoms with Gasteiger partial charge in [0.15, 0.2) is 0 Å². The third kappa shape index (κ3) is 4.18. The number of aromatic nitrogens is 2. The molecule has 1 amide bonds. The van der Waals surface area contributed by atoms with Crippen LogP contribution < -0.4 is 16.0 Å². The Bertz CT molecular complexity index is 858. The highest BCUT2D eigenvalue weighted by molar-refractivity contribution is 6.43. The number of nitrogens with two attached hydrogens (primary N) is 1. The Morgan fingerprint density at radius 2 is 2.07 bits per heavy atom. The number of hydrogen-bond acceptors (Lipinski definition) is 5. The number of primary amides is 1. The van der Waals surface area contributed by atoms with Crippen molar-refractivity contribution in [1.29, 1.82) is 0 Å². The van der Waals surface area contributed by atoms with E-state index >= 15 is 0 Å². The Morgan fingerprint density at radius 1 is 1.30 bits per heavy atom. The predicted molar refractivity (Wildman–Crippen MR) is 110 cm³/mol. The molecule has 0 bridgehead atoms. The fourth-order valence-corrected chi connectivity index (χ4v) is 3.85. The van der Waals surface area contributed by atoms with Gasteiger partial charge in [-0.2, -0.15) is 0 Å². The van der Waals surface area contributed by atoms with Crippen molar-refractivity contribution in [1.82, 2.24) is 15.3 Å². The molecular formula is C19H23Cl2N5O. The first-order chi connectivity index (χ1) is 12.9. The van der Waals surface area contributed by atoms with Crippen LogP contribution in [0.4, 0.5) is 5.95 Å². The van der Waals surface area contributed by atoms with Crippen LogP contribution >= 0.6 is 23.2 Å². The average molecular weight is 408 g/mol. The molecule has 27 heavy (non-hydrogen) atoms. The number of halogens is 2. The molecule has 6 nitrogen and oxygen atoms in total. The van der Waals surface area contributed by atoms with Gasteiger partial charge in [0.25, 0.3) is 5.91 Å². The van der Waals surface area contributed by atoms with Crippen molar-refractivity contribution in [3.05, 3.63) is 39.6 Å². The Labute approximate surface area is 169 Å². The van der Waals surface area contributed by atoms with Crippen molar-refractivity contribution in [2.75, 3.05) is 25.0 Å². The number of rotatable bonds is 4. The van der Waals surface area contributed by atoms with Crippen LogP contribution in [-0.2, 0) is 0 Å². The van der Waals surface area contributed by atoms with Crippen LogP contribution in [0.3, 0.4) is 0 Å². The molecule has 8 heteroatoms. The first kappa shape index (κ1) is 19.9. The van der Waals surface area contributed by atoms with Crippen LogP contribution in [0.15, 0.2) is 18.2 Å². The number of hydrogen-bond donors (Lipinski definition) is 2. The molecule has 1 aromatic carbocycles. The van der Waals surface area contributed by atoms with Gasteiger partial charge >= 0.3 is 0 Å². The van der Waals surface area contributed by atoms with E-state index in [9.17, 15) is 4.79 Å². The topological polar surface area (TPSA) is 84.1 Å². The minimum Gasteiger partial charge on any atom is -0.364 e. The van der Waals surface area contributed by atoms with E-state index in [0.717, 1.165) is 32.4 Å². The minimum atomic E-state index is -0.618. The van der Waals surface area contributed by atoms with Crippen molar-refractivity contribution in [3.63, 3.8) is 0 Å². The largest absolute Gasteiger partial charge is 0.364 e. The highest BCUT2D eigenvalue weighted by atomic mass is 35.5. The summed E-state index contributed by atoms with van der Waals surface area (Å²) in [6.07, 6.45) is 3.29. The second-order valence-electron chi connectivity index (χ2n) is 6.73. The molecule has 2 aromatic rings. The standard InChI is InChI=1S/C19H23Cl2N5O/c1-11-15(13-7-5-8-14(20)16(13)21)17(18(22)27)25-19(24-11)26-9-4-3-6-12(10-26)23-2/h5,7-8,12,23H,3-4,6,9-10H2,1-2H3,(H2,22,27). The summed E-state index contributed by atoms with van der Waals surface area (Å²) in [6.45, 7) is 3.45. The summed E-state index contributed by atoms with van der Waals surface area (Å²) in [7, 11) is 1.96. The van der Waals surface area contributed by atoms with Crippen molar-refractivity contribution in [3.8, 4) is 11.1 Å². The molecule has 0 spiro atoms. The van der Waals surface area contributed by atoms with E-state index < -0.39 is 5.91 Å². The predicted octanol–water partition coefficient (Wildman–Crippen LogP) is 3.44. The lowest BCUT2D eigenvalue weighted by atomic mass is 10.0. The van der Waals surface area contributed by atoms with Crippen LogP contribution in [0.25, 0.3) is 11.1 Å². The van der Waals surface area contributed by atoms with Gasteiger partial charge in [-0.15, -0.1) is 0 Å². The van der Waals surface area contributed by atoms with Crippen molar-refractivity contribution < 1.29 is 4.79 Å². The second-order valence-corrected chi connectivity index (χ2v) is 7.51. The first-order valence-corrected chi connectivity index (χ1v) is 9.73. The molecule has 1 unspecified atom stereocenters. The van der Waals surface area contributed by atoms with Gasteiger partial charge in [-0.1, -0.05) is 41.8 Å². The van der Waals surface area contributed by atoms with Crippen LogP contribution in [0, 0.1) is 6.92 Å². The fourth-order valence-electron chi connectivity index (χ4n) is 3.46. The quantitative estimate of drug-likeness (QED) is 0.810. The summed E-state index contributed by atoms with van der Waals surface area (Å²) in [6, 6.07) is 5.61. The minimum absolute atomic E-state index is 0.159. The van der Waals surface area contributed by atoms with Crippen LogP contribution in [-0.4, -0.2) is 42.1 Å². The normalized spacial score (nSPS) is 17.6. The van der Waals surface area contributed by atoms with E-state index in [1.165, 1.54) is 0 Å². The zero-order chi connectivity index (χ0) is 19.6. The summed E-state index contributed by atoms with van der Waals surface area (Å²) >= 11 is 12.5. The highest BCUT2D eigenvalue weighted by Gasteiger charge is 2.24. The molecule has 1 fully saturated rings. The molecule has 3 rings (SSSR count). The van der Waals surface area contributed by atoms with Gasteiger partial charge < -0.3 is 16.0 Å². The van der Waals surface area contributed by atoms with Gasteiger partial charge in [0.1, 0.15) is 5.69 Å². The van der Waals surface area contributed by atoms with Gasteiger partial charge in [-0.25, -0.2) is 9.97 Å².